The normalized spacial score (nSPS) is 11.3. The Kier molecular flexibility index (Phi) is 4.82. The SMILES string of the molecule is Cc1cc(C)c2oc(-c3cc(NC(=O)CC(C)C)ccc3Cl)nc2c1. The van der Waals surface area contributed by atoms with Crippen molar-refractivity contribution in [3.05, 3.63) is 46.5 Å². The third-order valence-corrected chi connectivity index (χ3v) is 4.22. The first-order valence-corrected chi connectivity index (χ1v) is 8.69. The van der Waals surface area contributed by atoms with E-state index in [1.54, 1.807) is 18.2 Å². The van der Waals surface area contributed by atoms with Gasteiger partial charge in [0.2, 0.25) is 11.8 Å². The van der Waals surface area contributed by atoms with Gasteiger partial charge in [0.1, 0.15) is 5.52 Å². The Morgan fingerprint density at radius 3 is 2.72 bits per heavy atom. The molecule has 0 fully saturated rings. The second kappa shape index (κ2) is 6.89. The van der Waals surface area contributed by atoms with Crippen molar-refractivity contribution in [3.63, 3.8) is 0 Å². The van der Waals surface area contributed by atoms with Gasteiger partial charge in [-0.15, -0.1) is 0 Å². The zero-order chi connectivity index (χ0) is 18.1. The maximum Gasteiger partial charge on any atom is 0.228 e. The lowest BCUT2D eigenvalue weighted by Gasteiger charge is -2.09. The second-order valence-electron chi connectivity index (χ2n) is 6.79. The molecular weight excluding hydrogens is 336 g/mol. The molecule has 0 saturated carbocycles. The zero-order valence-corrected chi connectivity index (χ0v) is 15.6. The maximum absolute atomic E-state index is 12.0. The van der Waals surface area contributed by atoms with Crippen LogP contribution in [0.2, 0.25) is 5.02 Å². The van der Waals surface area contributed by atoms with Gasteiger partial charge in [-0.25, -0.2) is 4.98 Å². The Balaban J connectivity index is 1.98. The first-order chi connectivity index (χ1) is 11.8. The summed E-state index contributed by atoms with van der Waals surface area (Å²) in [4.78, 5) is 16.6. The number of nitrogens with zero attached hydrogens (tertiary/aromatic N) is 1. The Morgan fingerprint density at radius 2 is 2.00 bits per heavy atom. The summed E-state index contributed by atoms with van der Waals surface area (Å²) in [5, 5.41) is 3.43. The molecule has 1 amide bonds. The van der Waals surface area contributed by atoms with Gasteiger partial charge in [-0.2, -0.15) is 0 Å². The fourth-order valence-corrected chi connectivity index (χ4v) is 3.04. The molecule has 0 aliphatic heterocycles. The number of benzene rings is 2. The lowest BCUT2D eigenvalue weighted by atomic mass is 10.1. The number of halogens is 1. The topological polar surface area (TPSA) is 55.1 Å². The largest absolute Gasteiger partial charge is 0.436 e. The number of hydrogen-bond acceptors (Lipinski definition) is 3. The molecule has 0 saturated heterocycles. The van der Waals surface area contributed by atoms with Gasteiger partial charge in [0.05, 0.1) is 10.6 Å². The fraction of sp³-hybridized carbons (Fsp3) is 0.300. The van der Waals surface area contributed by atoms with Gasteiger partial charge in [-0.3, -0.25) is 4.79 Å². The smallest absolute Gasteiger partial charge is 0.228 e. The van der Waals surface area contributed by atoms with Crippen LogP contribution in [-0.2, 0) is 4.79 Å². The minimum Gasteiger partial charge on any atom is -0.436 e. The van der Waals surface area contributed by atoms with Crippen LogP contribution in [-0.4, -0.2) is 10.9 Å². The number of carbonyl (C=O) groups is 1. The predicted octanol–water partition coefficient (Wildman–Crippen LogP) is 5.75. The quantitative estimate of drug-likeness (QED) is 0.647. The molecule has 1 heterocycles. The van der Waals surface area contributed by atoms with Crippen LogP contribution in [0.1, 0.15) is 31.4 Å². The first-order valence-electron chi connectivity index (χ1n) is 8.31. The molecule has 0 unspecified atom stereocenters. The lowest BCUT2D eigenvalue weighted by Crippen LogP contribution is -2.13. The molecule has 1 N–H and O–H groups in total. The Labute approximate surface area is 152 Å². The number of nitrogens with one attached hydrogen (secondary N) is 1. The molecule has 0 aliphatic carbocycles. The molecule has 2 aromatic carbocycles. The molecule has 25 heavy (non-hydrogen) atoms. The van der Waals surface area contributed by atoms with Crippen molar-refractivity contribution in [3.8, 4) is 11.5 Å². The van der Waals surface area contributed by atoms with Gasteiger partial charge in [0.15, 0.2) is 5.58 Å². The average Bonchev–Trinajstić information content (AvgIpc) is 2.92. The van der Waals surface area contributed by atoms with Crippen LogP contribution in [0.5, 0.6) is 0 Å². The highest BCUT2D eigenvalue weighted by atomic mass is 35.5. The van der Waals surface area contributed by atoms with Gasteiger partial charge in [0.25, 0.3) is 0 Å². The molecule has 0 spiro atoms. The Hall–Kier alpha value is -2.33. The molecule has 1 aromatic heterocycles. The molecule has 3 aromatic rings. The summed E-state index contributed by atoms with van der Waals surface area (Å²) in [6, 6.07) is 9.36. The number of anilines is 1. The highest BCUT2D eigenvalue weighted by Gasteiger charge is 2.15. The number of aromatic nitrogens is 1. The molecule has 0 aliphatic rings. The minimum atomic E-state index is -0.0210. The van der Waals surface area contributed by atoms with E-state index in [4.69, 9.17) is 16.0 Å². The predicted molar refractivity (Wildman–Crippen MR) is 102 cm³/mol. The standard InChI is InChI=1S/C20H21ClN2O2/c1-11(2)7-18(24)22-14-5-6-16(21)15(10-14)20-23-17-9-12(3)8-13(4)19(17)25-20/h5-6,8-11H,7H2,1-4H3,(H,22,24). The van der Waals surface area contributed by atoms with Crippen LogP contribution in [0.3, 0.4) is 0 Å². The van der Waals surface area contributed by atoms with E-state index in [2.05, 4.69) is 16.4 Å². The van der Waals surface area contributed by atoms with Crippen LogP contribution in [0.25, 0.3) is 22.6 Å². The molecule has 3 rings (SSSR count). The Morgan fingerprint density at radius 1 is 1.24 bits per heavy atom. The van der Waals surface area contributed by atoms with E-state index < -0.39 is 0 Å². The van der Waals surface area contributed by atoms with Gasteiger partial charge in [0, 0.05) is 12.1 Å². The summed E-state index contributed by atoms with van der Waals surface area (Å²) in [6.45, 7) is 8.04. The van der Waals surface area contributed by atoms with Crippen molar-refractivity contribution in [2.24, 2.45) is 5.92 Å². The van der Waals surface area contributed by atoms with Crippen LogP contribution in [0.4, 0.5) is 5.69 Å². The third-order valence-electron chi connectivity index (χ3n) is 3.89. The van der Waals surface area contributed by atoms with Gasteiger partial charge < -0.3 is 9.73 Å². The van der Waals surface area contributed by atoms with E-state index in [-0.39, 0.29) is 5.91 Å². The van der Waals surface area contributed by atoms with Crippen molar-refractivity contribution in [1.29, 1.82) is 0 Å². The molecule has 4 nitrogen and oxygen atoms in total. The number of rotatable bonds is 4. The Bertz CT molecular complexity index is 944. The average molecular weight is 357 g/mol. The monoisotopic (exact) mass is 356 g/mol. The maximum atomic E-state index is 12.0. The zero-order valence-electron chi connectivity index (χ0n) is 14.8. The summed E-state index contributed by atoms with van der Waals surface area (Å²) in [5.41, 5.74) is 5.07. The summed E-state index contributed by atoms with van der Waals surface area (Å²) in [5.74, 6) is 0.732. The third kappa shape index (κ3) is 3.85. The number of oxazole rings is 1. The van der Waals surface area contributed by atoms with Crippen LogP contribution in [0, 0.1) is 19.8 Å². The first kappa shape index (κ1) is 17.5. The molecule has 5 heteroatoms. The highest BCUT2D eigenvalue weighted by Crippen LogP contribution is 2.33. The van der Waals surface area contributed by atoms with E-state index >= 15 is 0 Å². The second-order valence-corrected chi connectivity index (χ2v) is 7.20. The van der Waals surface area contributed by atoms with Crippen LogP contribution in [0.15, 0.2) is 34.7 Å². The van der Waals surface area contributed by atoms with Gasteiger partial charge in [-0.05, 0) is 55.2 Å². The summed E-state index contributed by atoms with van der Waals surface area (Å²) in [6.07, 6.45) is 0.472. The summed E-state index contributed by atoms with van der Waals surface area (Å²) >= 11 is 6.34. The van der Waals surface area contributed by atoms with Gasteiger partial charge in [-0.1, -0.05) is 31.5 Å². The van der Waals surface area contributed by atoms with E-state index in [0.717, 1.165) is 22.2 Å². The van der Waals surface area contributed by atoms with Crippen molar-refractivity contribution in [2.45, 2.75) is 34.1 Å². The van der Waals surface area contributed by atoms with E-state index in [0.29, 0.717) is 34.5 Å². The number of aryl methyl sites for hydroxylation is 2. The molecule has 0 bridgehead atoms. The molecular formula is C20H21ClN2O2. The fourth-order valence-electron chi connectivity index (χ4n) is 2.84. The summed E-state index contributed by atoms with van der Waals surface area (Å²) in [7, 11) is 0. The van der Waals surface area contributed by atoms with E-state index in [1.807, 2.05) is 33.8 Å². The van der Waals surface area contributed by atoms with Crippen molar-refractivity contribution < 1.29 is 9.21 Å². The number of hydrogen-bond donors (Lipinski definition) is 1. The number of amides is 1. The van der Waals surface area contributed by atoms with Crippen LogP contribution < -0.4 is 5.32 Å². The highest BCUT2D eigenvalue weighted by molar-refractivity contribution is 6.33. The molecule has 0 radical (unpaired) electrons. The van der Waals surface area contributed by atoms with E-state index in [1.165, 1.54) is 0 Å². The van der Waals surface area contributed by atoms with E-state index in [9.17, 15) is 4.79 Å². The van der Waals surface area contributed by atoms with Crippen molar-refractivity contribution in [1.82, 2.24) is 4.98 Å². The lowest BCUT2D eigenvalue weighted by molar-refractivity contribution is -0.116. The van der Waals surface area contributed by atoms with Crippen molar-refractivity contribution >= 4 is 34.3 Å². The minimum absolute atomic E-state index is 0.0210. The number of carbonyl (C=O) groups excluding carboxylic acids is 1. The molecule has 130 valence electrons. The number of fused-ring (bicyclic) bond motifs is 1. The molecule has 0 atom stereocenters. The van der Waals surface area contributed by atoms with Gasteiger partial charge >= 0.3 is 0 Å². The summed E-state index contributed by atoms with van der Waals surface area (Å²) < 4.78 is 5.94. The van der Waals surface area contributed by atoms with Crippen molar-refractivity contribution in [2.75, 3.05) is 5.32 Å². The van der Waals surface area contributed by atoms with Crippen LogP contribution >= 0.6 is 11.6 Å².